The van der Waals surface area contributed by atoms with E-state index in [-0.39, 0.29) is 31.6 Å². The van der Waals surface area contributed by atoms with E-state index in [2.05, 4.69) is 13.2 Å². The van der Waals surface area contributed by atoms with Gasteiger partial charge in [0.05, 0.1) is 0 Å². The van der Waals surface area contributed by atoms with Gasteiger partial charge >= 0.3 is 11.9 Å². The second-order valence-corrected chi connectivity index (χ2v) is 11.4. The number of hydrogen-bond acceptors (Lipinski definition) is 9. The van der Waals surface area contributed by atoms with Crippen LogP contribution in [0.3, 0.4) is 0 Å². The van der Waals surface area contributed by atoms with Crippen LogP contribution in [0.1, 0.15) is 20.7 Å². The predicted molar refractivity (Wildman–Crippen MR) is 114 cm³/mol. The zero-order chi connectivity index (χ0) is 19.2. The molecule has 2 saturated heterocycles. The Morgan fingerprint density at radius 1 is 0.963 bits per heavy atom. The third-order valence-corrected chi connectivity index (χ3v) is 10.3. The van der Waals surface area contributed by atoms with Gasteiger partial charge in [0.25, 0.3) is 0 Å². The third-order valence-electron chi connectivity index (χ3n) is 3.77. The normalized spacial score (nSPS) is 27.3. The maximum Gasteiger partial charge on any atom is 0.330 e. The molecule has 1 aromatic rings. The molecule has 0 aromatic carbocycles. The lowest BCUT2D eigenvalue weighted by Gasteiger charge is -2.10. The average Bonchev–Trinajstić information content (AvgIpc) is 3.43. The van der Waals surface area contributed by atoms with Gasteiger partial charge in [0.1, 0.15) is 33.9 Å². The maximum atomic E-state index is 11.2. The molecule has 4 atom stereocenters. The lowest BCUT2D eigenvalue weighted by Crippen LogP contribution is -2.14. The van der Waals surface area contributed by atoms with Crippen molar-refractivity contribution >= 4 is 59.0 Å². The standard InChI is InChI=1S/C18H20O5S4/c1-3-15(19)21-7-11-9-24-17(26-11)13-5-6-14(23-13)18-25-10-12(27-18)8-22-16(20)4-2/h3-6,11-12,17-18H,1-2,7-10H2. The van der Waals surface area contributed by atoms with Gasteiger partial charge in [-0.1, -0.05) is 13.2 Å². The fraction of sp³-hybridized carbons (Fsp3) is 0.444. The highest BCUT2D eigenvalue weighted by Gasteiger charge is 2.33. The van der Waals surface area contributed by atoms with Gasteiger partial charge in [0.2, 0.25) is 0 Å². The van der Waals surface area contributed by atoms with Crippen molar-refractivity contribution < 1.29 is 23.5 Å². The van der Waals surface area contributed by atoms with Crippen LogP contribution in [0.2, 0.25) is 0 Å². The Kier molecular flexibility index (Phi) is 7.75. The molecule has 27 heavy (non-hydrogen) atoms. The van der Waals surface area contributed by atoms with E-state index in [0.29, 0.717) is 13.2 Å². The van der Waals surface area contributed by atoms with Crippen molar-refractivity contribution in [2.45, 2.75) is 19.7 Å². The summed E-state index contributed by atoms with van der Waals surface area (Å²) in [6, 6.07) is 4.06. The van der Waals surface area contributed by atoms with Crippen LogP contribution in [0.15, 0.2) is 41.9 Å². The Morgan fingerprint density at radius 2 is 1.41 bits per heavy atom. The Morgan fingerprint density at radius 3 is 1.81 bits per heavy atom. The molecule has 3 heterocycles. The third kappa shape index (κ3) is 5.79. The lowest BCUT2D eigenvalue weighted by molar-refractivity contribution is -0.138. The number of hydrogen-bond donors (Lipinski definition) is 0. The maximum absolute atomic E-state index is 11.2. The minimum absolute atomic E-state index is 0.215. The molecular formula is C18H20O5S4. The van der Waals surface area contributed by atoms with E-state index >= 15 is 0 Å². The quantitative estimate of drug-likeness (QED) is 0.428. The van der Waals surface area contributed by atoms with Gasteiger partial charge in [0.15, 0.2) is 0 Å². The second kappa shape index (κ2) is 10.0. The van der Waals surface area contributed by atoms with Gasteiger partial charge in [-0.15, -0.1) is 47.0 Å². The van der Waals surface area contributed by atoms with Gasteiger partial charge in [0, 0.05) is 34.2 Å². The molecule has 2 aliphatic heterocycles. The number of ether oxygens (including phenoxy) is 2. The van der Waals surface area contributed by atoms with E-state index < -0.39 is 0 Å². The number of thioether (sulfide) groups is 4. The molecule has 9 heteroatoms. The number of carbonyl (C=O) groups is 2. The SMILES string of the molecule is C=CC(=O)OCC1CSC(c2ccc(C3SCC(COC(=O)C=C)S3)o2)S1. The summed E-state index contributed by atoms with van der Waals surface area (Å²) in [5.74, 6) is 2.96. The minimum Gasteiger partial charge on any atom is -0.462 e. The summed E-state index contributed by atoms with van der Waals surface area (Å²) >= 11 is 7.14. The minimum atomic E-state index is -0.382. The smallest absolute Gasteiger partial charge is 0.330 e. The topological polar surface area (TPSA) is 65.7 Å². The zero-order valence-electron chi connectivity index (χ0n) is 14.5. The molecule has 146 valence electrons. The summed E-state index contributed by atoms with van der Waals surface area (Å²) in [6.45, 7) is 7.60. The predicted octanol–water partition coefficient (Wildman–Crippen LogP) is 4.43. The van der Waals surface area contributed by atoms with Crippen LogP contribution in [0.4, 0.5) is 0 Å². The fourth-order valence-corrected chi connectivity index (χ4v) is 8.67. The van der Waals surface area contributed by atoms with Crippen molar-refractivity contribution in [2.24, 2.45) is 0 Å². The summed E-state index contributed by atoms with van der Waals surface area (Å²) < 4.78 is 16.8. The lowest BCUT2D eigenvalue weighted by atomic mass is 10.4. The van der Waals surface area contributed by atoms with E-state index in [0.717, 1.165) is 23.0 Å². The molecule has 0 N–H and O–H groups in total. The van der Waals surface area contributed by atoms with E-state index in [1.165, 1.54) is 12.2 Å². The number of furan rings is 1. The number of esters is 2. The van der Waals surface area contributed by atoms with Crippen LogP contribution in [0.25, 0.3) is 0 Å². The molecule has 0 radical (unpaired) electrons. The van der Waals surface area contributed by atoms with Crippen molar-refractivity contribution in [3.63, 3.8) is 0 Å². The molecule has 2 fully saturated rings. The van der Waals surface area contributed by atoms with Gasteiger partial charge in [-0.25, -0.2) is 9.59 Å². The molecule has 0 bridgehead atoms. The van der Waals surface area contributed by atoms with E-state index in [1.807, 2.05) is 12.1 Å². The first-order valence-corrected chi connectivity index (χ1v) is 12.3. The van der Waals surface area contributed by atoms with Crippen LogP contribution < -0.4 is 0 Å². The first kappa shape index (κ1) is 20.8. The van der Waals surface area contributed by atoms with Crippen LogP contribution in [0.5, 0.6) is 0 Å². The van der Waals surface area contributed by atoms with Gasteiger partial charge in [-0.3, -0.25) is 0 Å². The highest BCUT2D eigenvalue weighted by atomic mass is 32.2. The number of carbonyl (C=O) groups excluding carboxylic acids is 2. The molecule has 0 spiro atoms. The monoisotopic (exact) mass is 444 g/mol. The second-order valence-electron chi connectivity index (χ2n) is 5.76. The Hall–Kier alpha value is -0.900. The first-order chi connectivity index (χ1) is 13.1. The number of rotatable bonds is 8. The Bertz CT molecular complexity index is 647. The zero-order valence-corrected chi connectivity index (χ0v) is 17.8. The molecule has 0 saturated carbocycles. The largest absolute Gasteiger partial charge is 0.462 e. The molecule has 0 aliphatic carbocycles. The molecule has 0 amide bonds. The van der Waals surface area contributed by atoms with E-state index in [9.17, 15) is 9.59 Å². The summed E-state index contributed by atoms with van der Waals surface area (Å²) in [7, 11) is 0. The molecule has 1 aromatic heterocycles. The van der Waals surface area contributed by atoms with Gasteiger partial charge < -0.3 is 13.9 Å². The molecule has 4 unspecified atom stereocenters. The summed E-state index contributed by atoms with van der Waals surface area (Å²) in [4.78, 5) is 22.4. The van der Waals surface area contributed by atoms with Crippen molar-refractivity contribution in [2.75, 3.05) is 24.7 Å². The molecule has 5 nitrogen and oxygen atoms in total. The van der Waals surface area contributed by atoms with Crippen LogP contribution >= 0.6 is 47.0 Å². The van der Waals surface area contributed by atoms with Crippen molar-refractivity contribution in [3.05, 3.63) is 49.0 Å². The van der Waals surface area contributed by atoms with Gasteiger partial charge in [-0.2, -0.15) is 0 Å². The van der Waals surface area contributed by atoms with Crippen LogP contribution in [-0.4, -0.2) is 47.2 Å². The molecular weight excluding hydrogens is 424 g/mol. The highest BCUT2D eigenvalue weighted by Crippen LogP contribution is 2.53. The van der Waals surface area contributed by atoms with E-state index in [1.54, 1.807) is 47.0 Å². The molecule has 3 rings (SSSR count). The van der Waals surface area contributed by atoms with Crippen LogP contribution in [-0.2, 0) is 19.1 Å². The summed E-state index contributed by atoms with van der Waals surface area (Å²) in [6.07, 6.45) is 2.37. The fourth-order valence-electron chi connectivity index (χ4n) is 2.46. The first-order valence-electron chi connectivity index (χ1n) is 8.31. The van der Waals surface area contributed by atoms with E-state index in [4.69, 9.17) is 13.9 Å². The highest BCUT2D eigenvalue weighted by molar-refractivity contribution is 8.20. The summed E-state index contributed by atoms with van der Waals surface area (Å²) in [5, 5.41) is 0.521. The Balaban J connectivity index is 1.48. The van der Waals surface area contributed by atoms with Gasteiger partial charge in [-0.05, 0) is 12.1 Å². The summed E-state index contributed by atoms with van der Waals surface area (Å²) in [5.41, 5.74) is 0. The average molecular weight is 445 g/mol. The van der Waals surface area contributed by atoms with Crippen molar-refractivity contribution in [1.29, 1.82) is 0 Å². The van der Waals surface area contributed by atoms with Crippen molar-refractivity contribution in [3.8, 4) is 0 Å². The van der Waals surface area contributed by atoms with Crippen LogP contribution in [0, 0.1) is 0 Å². The van der Waals surface area contributed by atoms with Crippen molar-refractivity contribution in [1.82, 2.24) is 0 Å². The Labute approximate surface area is 175 Å². The molecule has 2 aliphatic rings.